The van der Waals surface area contributed by atoms with Gasteiger partial charge in [-0.1, -0.05) is 0 Å². The van der Waals surface area contributed by atoms with Gasteiger partial charge in [-0.2, -0.15) is 0 Å². The lowest BCUT2D eigenvalue weighted by molar-refractivity contribution is 0.0940. The molecule has 0 radical (unpaired) electrons. The third-order valence-electron chi connectivity index (χ3n) is 3.54. The summed E-state index contributed by atoms with van der Waals surface area (Å²) in [5, 5.41) is 11.9. The van der Waals surface area contributed by atoms with Gasteiger partial charge in [0.15, 0.2) is 0 Å². The van der Waals surface area contributed by atoms with Gasteiger partial charge in [0.1, 0.15) is 6.10 Å². The number of alkyl carbamates (subject to hydrolysis) is 1. The van der Waals surface area contributed by atoms with E-state index in [0.29, 0.717) is 0 Å². The van der Waals surface area contributed by atoms with Crippen molar-refractivity contribution < 1.29 is 14.6 Å². The van der Waals surface area contributed by atoms with Crippen LogP contribution in [0, 0.1) is 0 Å². The Morgan fingerprint density at radius 2 is 2.53 bits per heavy atom. The SMILES string of the molecule is CNC(=O)O[C@H]1CN2CCC[C@@]2(CO)C1. The molecule has 1 amide bonds. The van der Waals surface area contributed by atoms with Gasteiger partial charge in [0.05, 0.1) is 6.61 Å². The van der Waals surface area contributed by atoms with Gasteiger partial charge < -0.3 is 15.2 Å². The van der Waals surface area contributed by atoms with Crippen LogP contribution in [0.25, 0.3) is 0 Å². The molecule has 0 aliphatic carbocycles. The van der Waals surface area contributed by atoms with Crippen LogP contribution < -0.4 is 5.32 Å². The average Bonchev–Trinajstić information content (AvgIpc) is 2.74. The van der Waals surface area contributed by atoms with Gasteiger partial charge >= 0.3 is 6.09 Å². The summed E-state index contributed by atoms with van der Waals surface area (Å²) in [6, 6.07) is 0. The smallest absolute Gasteiger partial charge is 0.407 e. The van der Waals surface area contributed by atoms with Crippen molar-refractivity contribution >= 4 is 6.09 Å². The molecule has 2 rings (SSSR count). The van der Waals surface area contributed by atoms with Crippen molar-refractivity contribution in [1.29, 1.82) is 0 Å². The lowest BCUT2D eigenvalue weighted by Crippen LogP contribution is -2.41. The van der Waals surface area contributed by atoms with Gasteiger partial charge in [0.2, 0.25) is 0 Å². The largest absolute Gasteiger partial charge is 0.445 e. The predicted molar refractivity (Wildman–Crippen MR) is 54.6 cm³/mol. The average molecular weight is 214 g/mol. The van der Waals surface area contributed by atoms with Crippen LogP contribution >= 0.6 is 0 Å². The van der Waals surface area contributed by atoms with Crippen LogP contribution in [0.15, 0.2) is 0 Å². The number of rotatable bonds is 2. The summed E-state index contributed by atoms with van der Waals surface area (Å²) < 4.78 is 5.22. The Kier molecular flexibility index (Phi) is 2.84. The number of hydrogen-bond acceptors (Lipinski definition) is 4. The lowest BCUT2D eigenvalue weighted by atomic mass is 9.94. The van der Waals surface area contributed by atoms with Crippen LogP contribution in [0.4, 0.5) is 4.79 Å². The number of nitrogens with zero attached hydrogens (tertiary/aromatic N) is 1. The second kappa shape index (κ2) is 3.98. The van der Waals surface area contributed by atoms with Crippen LogP contribution in [0.3, 0.4) is 0 Å². The fourth-order valence-electron chi connectivity index (χ4n) is 2.78. The van der Waals surface area contributed by atoms with E-state index in [1.165, 1.54) is 0 Å². The van der Waals surface area contributed by atoms with Crippen molar-refractivity contribution in [1.82, 2.24) is 10.2 Å². The number of amides is 1. The minimum atomic E-state index is -0.380. The number of carbonyl (C=O) groups excluding carboxylic acids is 1. The zero-order valence-electron chi connectivity index (χ0n) is 9.03. The minimum Gasteiger partial charge on any atom is -0.445 e. The Balaban J connectivity index is 1.96. The van der Waals surface area contributed by atoms with E-state index in [2.05, 4.69) is 10.2 Å². The van der Waals surface area contributed by atoms with E-state index >= 15 is 0 Å². The Bertz CT molecular complexity index is 259. The molecule has 2 heterocycles. The third kappa shape index (κ3) is 1.81. The van der Waals surface area contributed by atoms with E-state index in [-0.39, 0.29) is 24.3 Å². The van der Waals surface area contributed by atoms with Crippen molar-refractivity contribution in [2.45, 2.75) is 30.9 Å². The highest BCUT2D eigenvalue weighted by Gasteiger charge is 2.49. The number of aliphatic hydroxyl groups excluding tert-OH is 1. The first kappa shape index (κ1) is 10.7. The maximum absolute atomic E-state index is 11.1. The molecular formula is C10H18N2O3. The summed E-state index contributed by atoms with van der Waals surface area (Å²) in [5.41, 5.74) is -0.112. The van der Waals surface area contributed by atoms with Crippen LogP contribution in [0.2, 0.25) is 0 Å². The van der Waals surface area contributed by atoms with Gasteiger partial charge in [-0.25, -0.2) is 4.79 Å². The predicted octanol–water partition coefficient (Wildman–Crippen LogP) is -0.0584. The van der Waals surface area contributed by atoms with Gasteiger partial charge in [-0.05, 0) is 19.4 Å². The fourth-order valence-corrected chi connectivity index (χ4v) is 2.78. The van der Waals surface area contributed by atoms with Crippen LogP contribution in [0.5, 0.6) is 0 Å². The standard InChI is InChI=1S/C10H18N2O3/c1-11-9(14)15-8-5-10(7-13)3-2-4-12(10)6-8/h8,13H,2-7H2,1H3,(H,11,14)/t8-,10+/m1/s1. The van der Waals surface area contributed by atoms with Crippen molar-refractivity contribution in [3.63, 3.8) is 0 Å². The summed E-state index contributed by atoms with van der Waals surface area (Å²) in [5.74, 6) is 0. The molecule has 2 aliphatic heterocycles. The van der Waals surface area contributed by atoms with Crippen molar-refractivity contribution in [3.8, 4) is 0 Å². The maximum atomic E-state index is 11.1. The molecule has 2 saturated heterocycles. The Labute approximate surface area is 89.4 Å². The third-order valence-corrected chi connectivity index (χ3v) is 3.54. The summed E-state index contributed by atoms with van der Waals surface area (Å²) in [6.07, 6.45) is 2.45. The van der Waals surface area contributed by atoms with E-state index in [9.17, 15) is 9.90 Å². The highest BCUT2D eigenvalue weighted by atomic mass is 16.6. The summed E-state index contributed by atoms with van der Waals surface area (Å²) >= 11 is 0. The molecule has 0 bridgehead atoms. The Morgan fingerprint density at radius 1 is 1.73 bits per heavy atom. The molecule has 0 aromatic heterocycles. The normalized spacial score (nSPS) is 35.2. The van der Waals surface area contributed by atoms with Gasteiger partial charge in [0.25, 0.3) is 0 Å². The molecule has 5 heteroatoms. The molecule has 5 nitrogen and oxygen atoms in total. The Morgan fingerprint density at radius 3 is 3.13 bits per heavy atom. The minimum absolute atomic E-state index is 0.0719. The van der Waals surface area contributed by atoms with Gasteiger partial charge in [-0.3, -0.25) is 4.90 Å². The van der Waals surface area contributed by atoms with Crippen LogP contribution in [0.1, 0.15) is 19.3 Å². The number of aliphatic hydroxyl groups is 1. The van der Waals surface area contributed by atoms with Gasteiger partial charge in [0, 0.05) is 25.6 Å². The summed E-state index contributed by atoms with van der Waals surface area (Å²) in [6.45, 7) is 1.93. The van der Waals surface area contributed by atoms with E-state index < -0.39 is 0 Å². The lowest BCUT2D eigenvalue weighted by Gasteiger charge is -2.28. The topological polar surface area (TPSA) is 61.8 Å². The van der Waals surface area contributed by atoms with Crippen molar-refractivity contribution in [3.05, 3.63) is 0 Å². The molecule has 0 aromatic carbocycles. The van der Waals surface area contributed by atoms with Crippen molar-refractivity contribution in [2.24, 2.45) is 0 Å². The van der Waals surface area contributed by atoms with E-state index in [1.54, 1.807) is 7.05 Å². The second-order valence-electron chi connectivity index (χ2n) is 4.41. The quantitative estimate of drug-likeness (QED) is 0.676. The molecule has 0 spiro atoms. The number of carbonyl (C=O) groups is 1. The molecule has 0 aromatic rings. The molecule has 2 N–H and O–H groups in total. The first-order chi connectivity index (χ1) is 7.20. The first-order valence-electron chi connectivity index (χ1n) is 5.44. The molecule has 86 valence electrons. The maximum Gasteiger partial charge on any atom is 0.407 e. The summed E-state index contributed by atoms with van der Waals surface area (Å²) in [4.78, 5) is 13.3. The molecule has 2 aliphatic rings. The van der Waals surface area contributed by atoms with E-state index in [4.69, 9.17) is 4.74 Å². The zero-order valence-corrected chi connectivity index (χ0v) is 9.03. The van der Waals surface area contributed by atoms with Crippen LogP contribution in [-0.2, 0) is 4.74 Å². The zero-order chi connectivity index (χ0) is 10.9. The Hall–Kier alpha value is -0.810. The van der Waals surface area contributed by atoms with Crippen molar-refractivity contribution in [2.75, 3.05) is 26.7 Å². The highest BCUT2D eigenvalue weighted by Crippen LogP contribution is 2.39. The molecule has 0 unspecified atom stereocenters. The second-order valence-corrected chi connectivity index (χ2v) is 4.41. The molecule has 15 heavy (non-hydrogen) atoms. The molecule has 0 saturated carbocycles. The van der Waals surface area contributed by atoms with Gasteiger partial charge in [-0.15, -0.1) is 0 Å². The fraction of sp³-hybridized carbons (Fsp3) is 0.900. The first-order valence-corrected chi connectivity index (χ1v) is 5.44. The summed E-state index contributed by atoms with van der Waals surface area (Å²) in [7, 11) is 1.56. The number of nitrogens with one attached hydrogen (secondary N) is 1. The number of fused-ring (bicyclic) bond motifs is 1. The molecule has 2 atom stereocenters. The molecular weight excluding hydrogens is 196 g/mol. The number of ether oxygens (including phenoxy) is 1. The van der Waals surface area contributed by atoms with E-state index in [0.717, 1.165) is 32.4 Å². The number of hydrogen-bond donors (Lipinski definition) is 2. The monoisotopic (exact) mass is 214 g/mol. The molecule has 2 fully saturated rings. The van der Waals surface area contributed by atoms with E-state index in [1.807, 2.05) is 0 Å². The highest BCUT2D eigenvalue weighted by molar-refractivity contribution is 5.66. The van der Waals surface area contributed by atoms with Crippen LogP contribution in [-0.4, -0.2) is 54.5 Å².